The number of nitrogens with one attached hydrogen (secondary N) is 1. The Bertz CT molecular complexity index is 460. The normalized spacial score (nSPS) is 11.2. The lowest BCUT2D eigenvalue weighted by Gasteiger charge is -2.23. The van der Waals surface area contributed by atoms with Gasteiger partial charge < -0.3 is 15.2 Å². The zero-order chi connectivity index (χ0) is 15.2. The maximum Gasteiger partial charge on any atom is 0.224 e. The third-order valence-electron chi connectivity index (χ3n) is 3.13. The van der Waals surface area contributed by atoms with Crippen LogP contribution in [0.15, 0.2) is 18.2 Å². The minimum atomic E-state index is -0.474. The molecule has 5 heteroatoms. The van der Waals surface area contributed by atoms with Crippen molar-refractivity contribution in [3.63, 3.8) is 0 Å². The highest BCUT2D eigenvalue weighted by molar-refractivity contribution is 5.78. The molecule has 0 saturated heterocycles. The zero-order valence-electron chi connectivity index (χ0n) is 12.2. The summed E-state index contributed by atoms with van der Waals surface area (Å²) < 4.78 is 18.3. The number of hydrogen-bond acceptors (Lipinski definition) is 3. The van der Waals surface area contributed by atoms with Gasteiger partial charge in [0.05, 0.1) is 13.5 Å². The van der Waals surface area contributed by atoms with Gasteiger partial charge >= 0.3 is 0 Å². The number of carbonyl (C=O) groups excluding carboxylic acids is 1. The van der Waals surface area contributed by atoms with Crippen molar-refractivity contribution in [2.24, 2.45) is 5.41 Å². The Balaban J connectivity index is 2.52. The predicted octanol–water partition coefficient (Wildman–Crippen LogP) is 1.90. The highest BCUT2D eigenvalue weighted by atomic mass is 19.1. The lowest BCUT2D eigenvalue weighted by molar-refractivity contribution is -0.120. The molecule has 1 amide bonds. The standard InChI is InChI=1S/C15H22FNO3/c1-15(2,6-7-18)10-17-14(19)9-11-4-5-13(20-3)12(16)8-11/h4-5,8,18H,6-7,9-10H2,1-3H3,(H,17,19). The topological polar surface area (TPSA) is 58.6 Å². The summed E-state index contributed by atoms with van der Waals surface area (Å²) in [6, 6.07) is 4.48. The van der Waals surface area contributed by atoms with Crippen molar-refractivity contribution in [2.45, 2.75) is 26.7 Å². The van der Waals surface area contributed by atoms with Crippen molar-refractivity contribution in [3.05, 3.63) is 29.6 Å². The molecule has 0 radical (unpaired) electrons. The number of amides is 1. The minimum absolute atomic E-state index is 0.0898. The van der Waals surface area contributed by atoms with Gasteiger partial charge in [0.15, 0.2) is 11.6 Å². The molecule has 0 atom stereocenters. The second kappa shape index (κ2) is 7.24. The Kier molecular flexibility index (Phi) is 5.95. The average Bonchev–Trinajstić information content (AvgIpc) is 2.37. The van der Waals surface area contributed by atoms with Gasteiger partial charge in [-0.25, -0.2) is 4.39 Å². The SMILES string of the molecule is COc1ccc(CC(=O)NCC(C)(C)CCO)cc1F. The number of hydrogen-bond donors (Lipinski definition) is 2. The van der Waals surface area contributed by atoms with E-state index in [1.165, 1.54) is 19.2 Å². The van der Waals surface area contributed by atoms with Crippen LogP contribution in [0.25, 0.3) is 0 Å². The van der Waals surface area contributed by atoms with E-state index in [-0.39, 0.29) is 30.1 Å². The van der Waals surface area contributed by atoms with Gasteiger partial charge in [0.1, 0.15) is 0 Å². The van der Waals surface area contributed by atoms with Gasteiger partial charge in [0.2, 0.25) is 5.91 Å². The molecule has 0 spiro atoms. The molecule has 0 fully saturated rings. The molecule has 2 N–H and O–H groups in total. The molecule has 0 unspecified atom stereocenters. The van der Waals surface area contributed by atoms with E-state index >= 15 is 0 Å². The number of ether oxygens (including phenoxy) is 1. The van der Waals surface area contributed by atoms with E-state index in [0.717, 1.165) is 0 Å². The van der Waals surface area contributed by atoms with Crippen molar-refractivity contribution in [3.8, 4) is 5.75 Å². The van der Waals surface area contributed by atoms with E-state index < -0.39 is 5.82 Å². The van der Waals surface area contributed by atoms with Crippen LogP contribution < -0.4 is 10.1 Å². The molecule has 0 heterocycles. The van der Waals surface area contributed by atoms with E-state index in [1.807, 2.05) is 13.8 Å². The van der Waals surface area contributed by atoms with Crippen LogP contribution in [0.5, 0.6) is 5.75 Å². The molecule has 112 valence electrons. The summed E-state index contributed by atoms with van der Waals surface area (Å²) in [4.78, 5) is 11.8. The van der Waals surface area contributed by atoms with Gasteiger partial charge in [-0.2, -0.15) is 0 Å². The number of rotatable bonds is 7. The summed E-state index contributed by atoms with van der Waals surface area (Å²) in [5.74, 6) is -0.475. The van der Waals surface area contributed by atoms with Crippen molar-refractivity contribution in [1.29, 1.82) is 0 Å². The summed E-state index contributed by atoms with van der Waals surface area (Å²) in [7, 11) is 1.40. The Morgan fingerprint density at radius 2 is 2.15 bits per heavy atom. The van der Waals surface area contributed by atoms with Gasteiger partial charge in [-0.15, -0.1) is 0 Å². The molecule has 1 aromatic rings. The molecule has 1 rings (SSSR count). The van der Waals surface area contributed by atoms with Gasteiger partial charge in [0.25, 0.3) is 0 Å². The van der Waals surface area contributed by atoms with Crippen molar-refractivity contribution in [1.82, 2.24) is 5.32 Å². The quantitative estimate of drug-likeness (QED) is 0.803. The van der Waals surface area contributed by atoms with Crippen molar-refractivity contribution in [2.75, 3.05) is 20.3 Å². The molecule has 0 aliphatic heterocycles. The molecule has 1 aromatic carbocycles. The first-order valence-electron chi connectivity index (χ1n) is 6.58. The van der Waals surface area contributed by atoms with E-state index in [9.17, 15) is 9.18 Å². The molecule has 20 heavy (non-hydrogen) atoms. The number of methoxy groups -OCH3 is 1. The lowest BCUT2D eigenvalue weighted by Crippen LogP contribution is -2.35. The van der Waals surface area contributed by atoms with E-state index in [1.54, 1.807) is 6.07 Å². The first-order chi connectivity index (χ1) is 9.38. The van der Waals surface area contributed by atoms with Crippen molar-refractivity contribution < 1.29 is 19.0 Å². The van der Waals surface area contributed by atoms with Crippen LogP contribution in [0.2, 0.25) is 0 Å². The first kappa shape index (κ1) is 16.4. The third kappa shape index (κ3) is 5.17. The van der Waals surface area contributed by atoms with E-state index in [0.29, 0.717) is 18.5 Å². The molecule has 0 aromatic heterocycles. The lowest BCUT2D eigenvalue weighted by atomic mass is 9.89. The van der Waals surface area contributed by atoms with Crippen LogP contribution >= 0.6 is 0 Å². The Morgan fingerprint density at radius 1 is 1.45 bits per heavy atom. The fraction of sp³-hybridized carbons (Fsp3) is 0.533. The molecule has 0 aliphatic rings. The fourth-order valence-electron chi connectivity index (χ4n) is 1.80. The first-order valence-corrected chi connectivity index (χ1v) is 6.58. The van der Waals surface area contributed by atoms with Gasteiger partial charge in [-0.3, -0.25) is 4.79 Å². The number of halogens is 1. The van der Waals surface area contributed by atoms with E-state index in [4.69, 9.17) is 9.84 Å². The second-order valence-corrected chi connectivity index (χ2v) is 5.56. The smallest absolute Gasteiger partial charge is 0.224 e. The largest absolute Gasteiger partial charge is 0.494 e. The number of aliphatic hydroxyl groups excluding tert-OH is 1. The monoisotopic (exact) mass is 283 g/mol. The Morgan fingerprint density at radius 3 is 2.70 bits per heavy atom. The Hall–Kier alpha value is -1.62. The molecular weight excluding hydrogens is 261 g/mol. The molecule has 0 bridgehead atoms. The van der Waals surface area contributed by atoms with E-state index in [2.05, 4.69) is 5.32 Å². The fourth-order valence-corrected chi connectivity index (χ4v) is 1.80. The maximum atomic E-state index is 13.5. The van der Waals surface area contributed by atoms with Crippen LogP contribution in [-0.2, 0) is 11.2 Å². The molecular formula is C15H22FNO3. The zero-order valence-corrected chi connectivity index (χ0v) is 12.2. The minimum Gasteiger partial charge on any atom is -0.494 e. The number of aliphatic hydroxyl groups is 1. The Labute approximate surface area is 119 Å². The summed E-state index contributed by atoms with van der Waals surface area (Å²) in [5, 5.41) is 11.7. The summed E-state index contributed by atoms with van der Waals surface area (Å²) >= 11 is 0. The maximum absolute atomic E-state index is 13.5. The highest BCUT2D eigenvalue weighted by Gasteiger charge is 2.18. The second-order valence-electron chi connectivity index (χ2n) is 5.56. The van der Waals surface area contributed by atoms with Gasteiger partial charge in [-0.05, 0) is 29.5 Å². The molecule has 0 saturated carbocycles. The molecule has 0 aliphatic carbocycles. The van der Waals surface area contributed by atoms with Crippen LogP contribution in [0.3, 0.4) is 0 Å². The van der Waals surface area contributed by atoms with Crippen LogP contribution in [0.1, 0.15) is 25.8 Å². The summed E-state index contributed by atoms with van der Waals surface area (Å²) in [6.45, 7) is 4.50. The van der Waals surface area contributed by atoms with Crippen LogP contribution in [0, 0.1) is 11.2 Å². The van der Waals surface area contributed by atoms with Gasteiger partial charge in [-0.1, -0.05) is 19.9 Å². The van der Waals surface area contributed by atoms with Crippen LogP contribution in [-0.4, -0.2) is 31.3 Å². The summed E-state index contributed by atoms with van der Waals surface area (Å²) in [5.41, 5.74) is 0.441. The predicted molar refractivity (Wildman–Crippen MR) is 75.1 cm³/mol. The number of carbonyl (C=O) groups is 1. The molecule has 4 nitrogen and oxygen atoms in total. The highest BCUT2D eigenvalue weighted by Crippen LogP contribution is 2.19. The van der Waals surface area contributed by atoms with Gasteiger partial charge in [0, 0.05) is 13.2 Å². The summed E-state index contributed by atoms with van der Waals surface area (Å²) in [6.07, 6.45) is 0.737. The average molecular weight is 283 g/mol. The van der Waals surface area contributed by atoms with Crippen LogP contribution in [0.4, 0.5) is 4.39 Å². The third-order valence-corrected chi connectivity index (χ3v) is 3.13. The number of benzene rings is 1. The van der Waals surface area contributed by atoms with Crippen molar-refractivity contribution >= 4 is 5.91 Å².